The van der Waals surface area contributed by atoms with Crippen LogP contribution in [0.4, 0.5) is 5.82 Å². The molecule has 0 aliphatic carbocycles. The van der Waals surface area contributed by atoms with Crippen LogP contribution in [0.15, 0.2) is 36.8 Å². The summed E-state index contributed by atoms with van der Waals surface area (Å²) in [5, 5.41) is 19.3. The summed E-state index contributed by atoms with van der Waals surface area (Å²) < 4.78 is 5.60. The molecule has 0 unspecified atom stereocenters. The van der Waals surface area contributed by atoms with Gasteiger partial charge in [-0.15, -0.1) is 5.10 Å². The number of hydrogen-bond acceptors (Lipinski definition) is 7. The zero-order valence-corrected chi connectivity index (χ0v) is 19.1. The van der Waals surface area contributed by atoms with E-state index in [1.54, 1.807) is 19.5 Å². The fourth-order valence-electron chi connectivity index (χ4n) is 4.77. The summed E-state index contributed by atoms with van der Waals surface area (Å²) in [6, 6.07) is 6.39. The van der Waals surface area contributed by atoms with Gasteiger partial charge in [0.1, 0.15) is 0 Å². The molecule has 3 aromatic heterocycles. The zero-order valence-electron chi connectivity index (χ0n) is 19.1. The van der Waals surface area contributed by atoms with Gasteiger partial charge in [0.15, 0.2) is 5.82 Å². The Kier molecular flexibility index (Phi) is 5.43. The van der Waals surface area contributed by atoms with Gasteiger partial charge in [0.2, 0.25) is 5.88 Å². The van der Waals surface area contributed by atoms with Crippen molar-refractivity contribution in [3.8, 4) is 28.3 Å². The van der Waals surface area contributed by atoms with E-state index in [2.05, 4.69) is 76.4 Å². The molecule has 1 aliphatic rings. The van der Waals surface area contributed by atoms with E-state index in [-0.39, 0.29) is 11.1 Å². The molecule has 1 saturated heterocycles. The van der Waals surface area contributed by atoms with Crippen LogP contribution in [-0.2, 0) is 0 Å². The Hall–Kier alpha value is -3.00. The van der Waals surface area contributed by atoms with Crippen molar-refractivity contribution in [3.05, 3.63) is 36.8 Å². The molecule has 0 atom stereocenters. The molecule has 0 spiro atoms. The molecule has 164 valence electrons. The van der Waals surface area contributed by atoms with E-state index in [0.29, 0.717) is 11.9 Å². The van der Waals surface area contributed by atoms with Crippen molar-refractivity contribution in [2.45, 2.75) is 57.7 Å². The van der Waals surface area contributed by atoms with Crippen molar-refractivity contribution in [2.24, 2.45) is 0 Å². The average Bonchev–Trinajstić information content (AvgIpc) is 3.25. The predicted octanol–water partition coefficient (Wildman–Crippen LogP) is 3.68. The lowest BCUT2D eigenvalue weighted by atomic mass is 9.79. The molecule has 0 saturated carbocycles. The van der Waals surface area contributed by atoms with E-state index >= 15 is 0 Å². The molecule has 0 aromatic carbocycles. The summed E-state index contributed by atoms with van der Waals surface area (Å²) in [5.41, 5.74) is 3.63. The summed E-state index contributed by atoms with van der Waals surface area (Å²) in [4.78, 5) is 6.91. The number of anilines is 1. The zero-order chi connectivity index (χ0) is 22.2. The van der Waals surface area contributed by atoms with Crippen molar-refractivity contribution < 1.29 is 4.74 Å². The summed E-state index contributed by atoms with van der Waals surface area (Å²) >= 11 is 0. The fraction of sp³-hybridized carbons (Fsp3) is 0.478. The molecule has 0 bridgehead atoms. The summed E-state index contributed by atoms with van der Waals surface area (Å²) in [7, 11) is 3.74. The highest BCUT2D eigenvalue weighted by atomic mass is 16.5. The van der Waals surface area contributed by atoms with E-state index in [1.165, 1.54) is 0 Å². The van der Waals surface area contributed by atoms with Crippen molar-refractivity contribution in [2.75, 3.05) is 19.1 Å². The number of hydrogen-bond donors (Lipinski definition) is 2. The van der Waals surface area contributed by atoms with Gasteiger partial charge in [-0.2, -0.15) is 10.2 Å². The molecule has 4 heterocycles. The number of pyridine rings is 1. The number of aromatic nitrogens is 5. The molecule has 0 radical (unpaired) electrons. The van der Waals surface area contributed by atoms with Crippen LogP contribution in [0.3, 0.4) is 0 Å². The Labute approximate surface area is 183 Å². The van der Waals surface area contributed by atoms with Crippen LogP contribution in [0.5, 0.6) is 5.88 Å². The lowest BCUT2D eigenvalue weighted by Gasteiger charge is -2.49. The SMILES string of the molecule is COc1nc(-c2cn[nH]c2)ccc1-c1cnnc(N(C)C2CC(C)(C)NC(C)(C)C2)c1. The van der Waals surface area contributed by atoms with Gasteiger partial charge in [-0.25, -0.2) is 4.98 Å². The van der Waals surface area contributed by atoms with E-state index in [4.69, 9.17) is 4.74 Å². The highest BCUT2D eigenvalue weighted by Gasteiger charge is 2.39. The molecule has 8 nitrogen and oxygen atoms in total. The fourth-order valence-corrected chi connectivity index (χ4v) is 4.77. The van der Waals surface area contributed by atoms with Gasteiger partial charge < -0.3 is 15.0 Å². The summed E-state index contributed by atoms with van der Waals surface area (Å²) in [5.74, 6) is 1.39. The molecule has 4 rings (SSSR count). The number of methoxy groups -OCH3 is 1. The monoisotopic (exact) mass is 421 g/mol. The van der Waals surface area contributed by atoms with Gasteiger partial charge in [0.25, 0.3) is 0 Å². The maximum Gasteiger partial charge on any atom is 0.221 e. The molecule has 1 fully saturated rings. The molecule has 3 aromatic rings. The lowest BCUT2D eigenvalue weighted by Crippen LogP contribution is -2.62. The van der Waals surface area contributed by atoms with Gasteiger partial charge in [0, 0.05) is 47.1 Å². The Bertz CT molecular complexity index is 1030. The lowest BCUT2D eigenvalue weighted by molar-refractivity contribution is 0.160. The second kappa shape index (κ2) is 7.92. The molecular weight excluding hydrogens is 390 g/mol. The molecular formula is C23H31N7O. The predicted molar refractivity (Wildman–Crippen MR) is 122 cm³/mol. The van der Waals surface area contributed by atoms with E-state index in [0.717, 1.165) is 41.0 Å². The van der Waals surface area contributed by atoms with Gasteiger partial charge in [-0.05, 0) is 58.7 Å². The van der Waals surface area contributed by atoms with Crippen molar-refractivity contribution >= 4 is 5.82 Å². The van der Waals surface area contributed by atoms with Crippen LogP contribution in [0, 0.1) is 0 Å². The van der Waals surface area contributed by atoms with Crippen LogP contribution in [0.25, 0.3) is 22.4 Å². The van der Waals surface area contributed by atoms with Gasteiger partial charge in [0.05, 0.1) is 25.2 Å². The number of nitrogens with one attached hydrogen (secondary N) is 2. The van der Waals surface area contributed by atoms with Gasteiger partial charge >= 0.3 is 0 Å². The Morgan fingerprint density at radius 1 is 1.06 bits per heavy atom. The second-order valence-electron chi connectivity index (χ2n) is 9.61. The Morgan fingerprint density at radius 3 is 2.45 bits per heavy atom. The first-order chi connectivity index (χ1) is 14.7. The van der Waals surface area contributed by atoms with Gasteiger partial charge in [-0.1, -0.05) is 0 Å². The molecule has 1 aliphatic heterocycles. The molecule has 0 amide bonds. The third-order valence-corrected chi connectivity index (χ3v) is 5.88. The first-order valence-electron chi connectivity index (χ1n) is 10.6. The normalized spacial score (nSPS) is 18.0. The summed E-state index contributed by atoms with van der Waals surface area (Å²) in [6.45, 7) is 9.04. The third-order valence-electron chi connectivity index (χ3n) is 5.88. The first-order valence-corrected chi connectivity index (χ1v) is 10.6. The van der Waals surface area contributed by atoms with Gasteiger partial charge in [-0.3, -0.25) is 5.10 Å². The number of rotatable bonds is 5. The van der Waals surface area contributed by atoms with Crippen molar-refractivity contribution in [1.82, 2.24) is 30.7 Å². The highest BCUT2D eigenvalue weighted by Crippen LogP contribution is 2.35. The molecule has 31 heavy (non-hydrogen) atoms. The maximum absolute atomic E-state index is 5.60. The molecule has 2 N–H and O–H groups in total. The van der Waals surface area contributed by atoms with E-state index in [1.807, 2.05) is 18.3 Å². The smallest absolute Gasteiger partial charge is 0.221 e. The highest BCUT2D eigenvalue weighted by molar-refractivity contribution is 5.73. The Morgan fingerprint density at radius 2 is 1.81 bits per heavy atom. The number of aromatic amines is 1. The third kappa shape index (κ3) is 4.54. The maximum atomic E-state index is 5.60. The van der Waals surface area contributed by atoms with Crippen LogP contribution in [0.1, 0.15) is 40.5 Å². The average molecular weight is 422 g/mol. The Balaban J connectivity index is 1.64. The minimum Gasteiger partial charge on any atom is -0.481 e. The number of H-pyrrole nitrogens is 1. The summed E-state index contributed by atoms with van der Waals surface area (Å²) in [6.07, 6.45) is 7.37. The molecule has 8 heteroatoms. The van der Waals surface area contributed by atoms with Crippen LogP contribution < -0.4 is 15.0 Å². The van der Waals surface area contributed by atoms with Crippen LogP contribution in [-0.4, -0.2) is 56.7 Å². The first kappa shape index (κ1) is 21.2. The quantitative estimate of drug-likeness (QED) is 0.649. The standard InChI is InChI=1S/C23H31N7O/c1-22(2)10-17(11-23(3,4)29-22)30(5)20-9-15(12-26-28-20)18-7-8-19(27-21(18)31-6)16-13-24-25-14-16/h7-9,12-14,17,29H,10-11H2,1-6H3,(H,24,25). The number of ether oxygens (including phenoxy) is 1. The van der Waals surface area contributed by atoms with Crippen LogP contribution >= 0.6 is 0 Å². The van der Waals surface area contributed by atoms with Crippen molar-refractivity contribution in [3.63, 3.8) is 0 Å². The second-order valence-corrected chi connectivity index (χ2v) is 9.61. The van der Waals surface area contributed by atoms with Crippen molar-refractivity contribution in [1.29, 1.82) is 0 Å². The minimum absolute atomic E-state index is 0.0573. The topological polar surface area (TPSA) is 91.9 Å². The number of nitrogens with zero attached hydrogens (tertiary/aromatic N) is 5. The van der Waals surface area contributed by atoms with E-state index in [9.17, 15) is 0 Å². The van der Waals surface area contributed by atoms with E-state index < -0.39 is 0 Å². The number of piperidine rings is 1. The van der Waals surface area contributed by atoms with Crippen LogP contribution in [0.2, 0.25) is 0 Å². The minimum atomic E-state index is 0.0573. The largest absolute Gasteiger partial charge is 0.481 e.